The molecule has 1 heterocycles. The van der Waals surface area contributed by atoms with Gasteiger partial charge in [-0.2, -0.15) is 10.1 Å². The third kappa shape index (κ3) is 4.16. The molecule has 1 aliphatic rings. The predicted molar refractivity (Wildman–Crippen MR) is 102 cm³/mol. The van der Waals surface area contributed by atoms with Crippen LogP contribution in [0.3, 0.4) is 0 Å². The molecule has 0 spiro atoms. The van der Waals surface area contributed by atoms with Crippen LogP contribution in [0.2, 0.25) is 0 Å². The number of carbonyl (C=O) groups is 2. The van der Waals surface area contributed by atoms with Crippen molar-refractivity contribution in [3.63, 3.8) is 0 Å². The van der Waals surface area contributed by atoms with Gasteiger partial charge >= 0.3 is 0 Å². The number of hydrazone groups is 1. The van der Waals surface area contributed by atoms with Gasteiger partial charge in [-0.15, -0.1) is 0 Å². The number of amides is 1. The quantitative estimate of drug-likeness (QED) is 0.682. The van der Waals surface area contributed by atoms with Crippen molar-refractivity contribution in [1.29, 1.82) is 0 Å². The van der Waals surface area contributed by atoms with Crippen LogP contribution in [0.5, 0.6) is 5.75 Å². The third-order valence-corrected chi connectivity index (χ3v) is 4.65. The van der Waals surface area contributed by atoms with E-state index in [1.165, 1.54) is 44.4 Å². The molecule has 0 radical (unpaired) electrons. The maximum Gasteiger partial charge on any atom is 0.270 e. The maximum atomic E-state index is 14.3. The zero-order valence-electron chi connectivity index (χ0n) is 16.1. The van der Waals surface area contributed by atoms with Crippen molar-refractivity contribution in [1.82, 2.24) is 0 Å². The minimum Gasteiger partial charge on any atom is -0.497 e. The van der Waals surface area contributed by atoms with E-state index < -0.39 is 29.3 Å². The topological polar surface area (TPSA) is 59.0 Å². The Bertz CT molecular complexity index is 999. The Balaban J connectivity index is 1.81. The molecule has 1 atom stereocenters. The normalized spacial score (nSPS) is 16.8. The lowest BCUT2D eigenvalue weighted by Crippen LogP contribution is -2.34. The Morgan fingerprint density at radius 3 is 2.59 bits per heavy atom. The highest BCUT2D eigenvalue weighted by Crippen LogP contribution is 2.31. The van der Waals surface area contributed by atoms with Crippen molar-refractivity contribution in [3.05, 3.63) is 59.4 Å². The Kier molecular flexibility index (Phi) is 5.46. The second-order valence-corrected chi connectivity index (χ2v) is 6.87. The first kappa shape index (κ1) is 20.6. The summed E-state index contributed by atoms with van der Waals surface area (Å²) in [6.45, 7) is 2.27. The Morgan fingerprint density at radius 1 is 1.24 bits per heavy atom. The van der Waals surface area contributed by atoms with Gasteiger partial charge in [0, 0.05) is 25.0 Å². The second kappa shape index (κ2) is 7.69. The van der Waals surface area contributed by atoms with E-state index in [1.54, 1.807) is 6.07 Å². The van der Waals surface area contributed by atoms with Crippen LogP contribution in [-0.2, 0) is 21.9 Å². The molecule has 2 aromatic carbocycles. The number of anilines is 1. The summed E-state index contributed by atoms with van der Waals surface area (Å²) in [5, 5.41) is 4.89. The molecular formula is C21H19F3N2O3. The summed E-state index contributed by atoms with van der Waals surface area (Å²) in [4.78, 5) is 25.5. The Labute approximate surface area is 165 Å². The molecule has 5 nitrogen and oxygen atoms in total. The summed E-state index contributed by atoms with van der Waals surface area (Å²) in [6, 6.07) is 9.41. The smallest absolute Gasteiger partial charge is 0.270 e. The number of benzene rings is 2. The molecule has 8 heteroatoms. The van der Waals surface area contributed by atoms with E-state index in [0.29, 0.717) is 5.56 Å². The number of ether oxygens (including phenoxy) is 1. The standard InChI is InChI=1S/C21H19F3N2O3/c1-12-19(18(27)10-13-5-4-6-14(9-13)21(2,23)24)20(28)26(25-12)17-8-7-15(29-3)11-16(17)22/h4-9,11,19H,10H2,1-3H3. The summed E-state index contributed by atoms with van der Waals surface area (Å²) in [7, 11) is 1.38. The monoisotopic (exact) mass is 404 g/mol. The van der Waals surface area contributed by atoms with Gasteiger partial charge in [-0.3, -0.25) is 9.59 Å². The number of hydrogen-bond donors (Lipinski definition) is 0. The van der Waals surface area contributed by atoms with Gasteiger partial charge in [0.05, 0.1) is 12.8 Å². The van der Waals surface area contributed by atoms with Crippen LogP contribution in [0.4, 0.5) is 18.9 Å². The van der Waals surface area contributed by atoms with Crippen molar-refractivity contribution in [2.45, 2.75) is 26.2 Å². The molecule has 0 saturated carbocycles. The number of alkyl halides is 2. The molecule has 152 valence electrons. The van der Waals surface area contributed by atoms with Crippen molar-refractivity contribution >= 4 is 23.1 Å². The molecule has 1 aliphatic heterocycles. The number of halogens is 3. The van der Waals surface area contributed by atoms with Crippen LogP contribution in [0, 0.1) is 11.7 Å². The molecule has 0 saturated heterocycles. The van der Waals surface area contributed by atoms with Gasteiger partial charge in [0.2, 0.25) is 0 Å². The molecule has 2 aromatic rings. The fraction of sp³-hybridized carbons (Fsp3) is 0.286. The summed E-state index contributed by atoms with van der Waals surface area (Å²) < 4.78 is 46.3. The highest BCUT2D eigenvalue weighted by Gasteiger charge is 2.40. The third-order valence-electron chi connectivity index (χ3n) is 4.65. The number of Topliss-reactive ketones (excluding diaryl/α,β-unsaturated/α-hetero) is 1. The van der Waals surface area contributed by atoms with Gasteiger partial charge in [-0.05, 0) is 30.7 Å². The summed E-state index contributed by atoms with van der Waals surface area (Å²) in [6.07, 6.45) is -0.216. The average molecular weight is 404 g/mol. The van der Waals surface area contributed by atoms with E-state index in [9.17, 15) is 22.8 Å². The van der Waals surface area contributed by atoms with Crippen molar-refractivity contribution in [2.24, 2.45) is 11.0 Å². The molecule has 0 aliphatic carbocycles. The van der Waals surface area contributed by atoms with Gasteiger partial charge in [-0.1, -0.05) is 18.2 Å². The van der Waals surface area contributed by atoms with Crippen LogP contribution in [0.15, 0.2) is 47.6 Å². The number of methoxy groups -OCH3 is 1. The lowest BCUT2D eigenvalue weighted by molar-refractivity contribution is -0.128. The molecule has 0 bridgehead atoms. The largest absolute Gasteiger partial charge is 0.497 e. The molecule has 29 heavy (non-hydrogen) atoms. The highest BCUT2D eigenvalue weighted by atomic mass is 19.3. The van der Waals surface area contributed by atoms with Gasteiger partial charge in [0.1, 0.15) is 17.4 Å². The van der Waals surface area contributed by atoms with E-state index >= 15 is 0 Å². The highest BCUT2D eigenvalue weighted by molar-refractivity contribution is 6.27. The van der Waals surface area contributed by atoms with E-state index in [4.69, 9.17) is 4.74 Å². The number of hydrogen-bond acceptors (Lipinski definition) is 4. The van der Waals surface area contributed by atoms with Crippen LogP contribution >= 0.6 is 0 Å². The lowest BCUT2D eigenvalue weighted by Gasteiger charge is -2.16. The van der Waals surface area contributed by atoms with Gasteiger partial charge in [0.15, 0.2) is 11.6 Å². The number of ketones is 1. The minimum atomic E-state index is -3.04. The first-order valence-electron chi connectivity index (χ1n) is 8.84. The first-order chi connectivity index (χ1) is 13.6. The average Bonchev–Trinajstić information content (AvgIpc) is 2.95. The SMILES string of the molecule is COc1ccc(N2N=C(C)C(C(=O)Cc3cccc(C(C)(F)F)c3)C2=O)c(F)c1. The molecule has 1 unspecified atom stereocenters. The number of carbonyl (C=O) groups excluding carboxylic acids is 2. The predicted octanol–water partition coefficient (Wildman–Crippen LogP) is 4.10. The second-order valence-electron chi connectivity index (χ2n) is 6.87. The van der Waals surface area contributed by atoms with E-state index in [0.717, 1.165) is 18.0 Å². The number of rotatable bonds is 6. The van der Waals surface area contributed by atoms with Crippen molar-refractivity contribution in [3.8, 4) is 5.75 Å². The molecule has 3 rings (SSSR count). The van der Waals surface area contributed by atoms with E-state index in [1.807, 2.05) is 0 Å². The maximum absolute atomic E-state index is 14.3. The van der Waals surface area contributed by atoms with Crippen molar-refractivity contribution < 1.29 is 27.5 Å². The molecular weight excluding hydrogens is 385 g/mol. The van der Waals surface area contributed by atoms with Crippen molar-refractivity contribution in [2.75, 3.05) is 12.1 Å². The summed E-state index contributed by atoms with van der Waals surface area (Å²) in [5.74, 6) is -5.86. The van der Waals surface area contributed by atoms with Crippen LogP contribution < -0.4 is 9.75 Å². The molecule has 0 N–H and O–H groups in total. The Hall–Kier alpha value is -3.16. The lowest BCUT2D eigenvalue weighted by atomic mass is 9.93. The van der Waals surface area contributed by atoms with E-state index in [-0.39, 0.29) is 29.1 Å². The summed E-state index contributed by atoms with van der Waals surface area (Å²) in [5.41, 5.74) is 0.266. The molecule has 1 amide bonds. The van der Waals surface area contributed by atoms with Crippen LogP contribution in [0.25, 0.3) is 0 Å². The fourth-order valence-corrected chi connectivity index (χ4v) is 3.15. The van der Waals surface area contributed by atoms with E-state index in [2.05, 4.69) is 5.10 Å². The minimum absolute atomic E-state index is 0.0990. The van der Waals surface area contributed by atoms with Crippen LogP contribution in [-0.4, -0.2) is 24.5 Å². The van der Waals surface area contributed by atoms with Crippen LogP contribution in [0.1, 0.15) is 25.0 Å². The molecule has 0 fully saturated rings. The first-order valence-corrected chi connectivity index (χ1v) is 8.84. The molecule has 0 aromatic heterocycles. The van der Waals surface area contributed by atoms with Gasteiger partial charge in [-0.25, -0.2) is 13.2 Å². The van der Waals surface area contributed by atoms with Gasteiger partial charge < -0.3 is 4.74 Å². The fourth-order valence-electron chi connectivity index (χ4n) is 3.15. The zero-order chi connectivity index (χ0) is 21.3. The summed E-state index contributed by atoms with van der Waals surface area (Å²) >= 11 is 0. The zero-order valence-corrected chi connectivity index (χ0v) is 16.1. The van der Waals surface area contributed by atoms with Gasteiger partial charge in [0.25, 0.3) is 11.8 Å². The number of nitrogens with zero attached hydrogens (tertiary/aromatic N) is 2. The Morgan fingerprint density at radius 2 is 1.97 bits per heavy atom.